The topological polar surface area (TPSA) is 58.1 Å². The number of aromatic nitrogens is 2. The zero-order valence-corrected chi connectivity index (χ0v) is 12.6. The summed E-state index contributed by atoms with van der Waals surface area (Å²) in [6.07, 6.45) is 4.14. The first-order valence-corrected chi connectivity index (χ1v) is 7.08. The van der Waals surface area contributed by atoms with Gasteiger partial charge in [0.25, 0.3) is 5.91 Å². The summed E-state index contributed by atoms with van der Waals surface area (Å²) in [7, 11) is 1.76. The Hall–Kier alpha value is -2.43. The van der Waals surface area contributed by atoms with Crippen molar-refractivity contribution in [1.29, 1.82) is 0 Å². The Balaban J connectivity index is 2.31. The van der Waals surface area contributed by atoms with Crippen LogP contribution in [0.15, 0.2) is 36.7 Å². The molecule has 110 valence electrons. The number of carbonyl (C=O) groups is 1. The van der Waals surface area contributed by atoms with Gasteiger partial charge in [-0.1, -0.05) is 6.92 Å². The minimum Gasteiger partial charge on any atom is -0.370 e. The molecule has 2 aromatic heterocycles. The third-order valence-corrected chi connectivity index (χ3v) is 3.20. The number of pyridine rings is 2. The number of hydrogen-bond acceptors (Lipinski definition) is 4. The number of hydrogen-bond donors (Lipinski definition) is 1. The third kappa shape index (κ3) is 3.56. The zero-order valence-electron chi connectivity index (χ0n) is 12.6. The molecule has 5 nitrogen and oxygen atoms in total. The Labute approximate surface area is 125 Å². The van der Waals surface area contributed by atoms with Crippen LogP contribution in [-0.2, 0) is 6.42 Å². The highest BCUT2D eigenvalue weighted by Gasteiger charge is 2.15. The molecule has 0 saturated heterocycles. The van der Waals surface area contributed by atoms with Crippen LogP contribution in [0.4, 0.5) is 11.5 Å². The zero-order chi connectivity index (χ0) is 15.2. The summed E-state index contributed by atoms with van der Waals surface area (Å²) in [5.74, 6) is 0.681. The van der Waals surface area contributed by atoms with Crippen LogP contribution in [0, 0.1) is 0 Å². The third-order valence-electron chi connectivity index (χ3n) is 3.20. The number of nitrogens with one attached hydrogen (secondary N) is 1. The number of aryl methyl sites for hydroxylation is 1. The minimum atomic E-state index is -0.0579. The average molecular weight is 284 g/mol. The van der Waals surface area contributed by atoms with Crippen molar-refractivity contribution >= 4 is 17.4 Å². The normalized spacial score (nSPS) is 10.2. The predicted octanol–water partition coefficient (Wildman–Crippen LogP) is 2.75. The Morgan fingerprint density at radius 1 is 1.24 bits per heavy atom. The van der Waals surface area contributed by atoms with E-state index in [1.54, 1.807) is 30.4 Å². The van der Waals surface area contributed by atoms with Crippen LogP contribution in [-0.4, -0.2) is 29.5 Å². The Kier molecular flexibility index (Phi) is 4.87. The van der Waals surface area contributed by atoms with E-state index in [1.807, 2.05) is 32.0 Å². The SMILES string of the molecule is CCNc1cc(C(=O)N(C)c2ccncc2)cc(CC)n1. The summed E-state index contributed by atoms with van der Waals surface area (Å²) in [5.41, 5.74) is 2.35. The van der Waals surface area contributed by atoms with Crippen LogP contribution in [0.25, 0.3) is 0 Å². The summed E-state index contributed by atoms with van der Waals surface area (Å²) in [6.45, 7) is 4.80. The van der Waals surface area contributed by atoms with E-state index in [0.29, 0.717) is 5.56 Å². The summed E-state index contributed by atoms with van der Waals surface area (Å²) in [6, 6.07) is 7.26. The maximum atomic E-state index is 12.6. The molecule has 0 radical (unpaired) electrons. The van der Waals surface area contributed by atoms with Crippen molar-refractivity contribution in [3.8, 4) is 0 Å². The van der Waals surface area contributed by atoms with E-state index in [-0.39, 0.29) is 5.91 Å². The molecule has 2 rings (SSSR count). The van der Waals surface area contributed by atoms with Gasteiger partial charge in [-0.15, -0.1) is 0 Å². The summed E-state index contributed by atoms with van der Waals surface area (Å²) >= 11 is 0. The fourth-order valence-corrected chi connectivity index (χ4v) is 2.04. The second-order valence-corrected chi connectivity index (χ2v) is 4.69. The molecule has 0 aliphatic rings. The molecule has 0 aliphatic carbocycles. The van der Waals surface area contributed by atoms with E-state index in [2.05, 4.69) is 15.3 Å². The van der Waals surface area contributed by atoms with Gasteiger partial charge in [-0.2, -0.15) is 0 Å². The molecule has 21 heavy (non-hydrogen) atoms. The molecule has 0 aromatic carbocycles. The van der Waals surface area contributed by atoms with E-state index >= 15 is 0 Å². The fourth-order valence-electron chi connectivity index (χ4n) is 2.04. The maximum Gasteiger partial charge on any atom is 0.258 e. The van der Waals surface area contributed by atoms with Crippen molar-refractivity contribution in [2.75, 3.05) is 23.8 Å². The molecule has 1 amide bonds. The first kappa shape index (κ1) is 15.0. The summed E-state index contributed by atoms with van der Waals surface area (Å²) < 4.78 is 0. The highest BCUT2D eigenvalue weighted by Crippen LogP contribution is 2.17. The molecule has 0 spiro atoms. The van der Waals surface area contributed by atoms with Crippen LogP contribution in [0.5, 0.6) is 0 Å². The first-order chi connectivity index (χ1) is 10.2. The van der Waals surface area contributed by atoms with Gasteiger partial charge in [0.1, 0.15) is 5.82 Å². The second-order valence-electron chi connectivity index (χ2n) is 4.69. The molecule has 0 fully saturated rings. The Morgan fingerprint density at radius 3 is 2.57 bits per heavy atom. The molecule has 0 aliphatic heterocycles. The number of anilines is 2. The van der Waals surface area contributed by atoms with E-state index < -0.39 is 0 Å². The van der Waals surface area contributed by atoms with E-state index in [1.165, 1.54) is 0 Å². The quantitative estimate of drug-likeness (QED) is 0.917. The second kappa shape index (κ2) is 6.83. The van der Waals surface area contributed by atoms with Crippen molar-refractivity contribution in [2.45, 2.75) is 20.3 Å². The number of carbonyl (C=O) groups excluding carboxylic acids is 1. The van der Waals surface area contributed by atoms with Crippen molar-refractivity contribution in [3.63, 3.8) is 0 Å². The molecule has 0 bridgehead atoms. The minimum absolute atomic E-state index is 0.0579. The maximum absolute atomic E-state index is 12.6. The Morgan fingerprint density at radius 2 is 1.95 bits per heavy atom. The number of amides is 1. The molecule has 0 saturated carbocycles. The van der Waals surface area contributed by atoms with Gasteiger partial charge < -0.3 is 10.2 Å². The highest BCUT2D eigenvalue weighted by atomic mass is 16.2. The molecule has 5 heteroatoms. The van der Waals surface area contributed by atoms with Crippen LogP contribution in [0.3, 0.4) is 0 Å². The van der Waals surface area contributed by atoms with E-state index in [4.69, 9.17) is 0 Å². The largest absolute Gasteiger partial charge is 0.370 e. The van der Waals surface area contributed by atoms with Crippen molar-refractivity contribution < 1.29 is 4.79 Å². The van der Waals surface area contributed by atoms with E-state index in [0.717, 1.165) is 30.2 Å². The fraction of sp³-hybridized carbons (Fsp3) is 0.312. The molecule has 2 aromatic rings. The Bertz CT molecular complexity index is 613. The van der Waals surface area contributed by atoms with Crippen LogP contribution in [0.2, 0.25) is 0 Å². The van der Waals surface area contributed by atoms with Gasteiger partial charge in [-0.25, -0.2) is 4.98 Å². The monoisotopic (exact) mass is 284 g/mol. The summed E-state index contributed by atoms with van der Waals surface area (Å²) in [5, 5.41) is 3.16. The molecular formula is C16H20N4O. The molecule has 0 atom stereocenters. The van der Waals surface area contributed by atoms with Crippen LogP contribution >= 0.6 is 0 Å². The van der Waals surface area contributed by atoms with Gasteiger partial charge in [0, 0.05) is 42.9 Å². The van der Waals surface area contributed by atoms with Gasteiger partial charge in [0.2, 0.25) is 0 Å². The number of rotatable bonds is 5. The standard InChI is InChI=1S/C16H20N4O/c1-4-13-10-12(11-15(19-13)18-5-2)16(21)20(3)14-6-8-17-9-7-14/h6-11H,4-5H2,1-3H3,(H,18,19). The van der Waals surface area contributed by atoms with Crippen molar-refractivity contribution in [3.05, 3.63) is 47.9 Å². The molecule has 1 N–H and O–H groups in total. The van der Waals surface area contributed by atoms with Gasteiger partial charge in [-0.3, -0.25) is 9.78 Å². The smallest absolute Gasteiger partial charge is 0.258 e. The van der Waals surface area contributed by atoms with Crippen LogP contribution < -0.4 is 10.2 Å². The summed E-state index contributed by atoms with van der Waals surface area (Å²) in [4.78, 5) is 22.7. The van der Waals surface area contributed by atoms with Gasteiger partial charge in [0.05, 0.1) is 0 Å². The first-order valence-electron chi connectivity index (χ1n) is 7.08. The van der Waals surface area contributed by atoms with Crippen molar-refractivity contribution in [1.82, 2.24) is 9.97 Å². The van der Waals surface area contributed by atoms with Gasteiger partial charge in [-0.05, 0) is 37.6 Å². The highest BCUT2D eigenvalue weighted by molar-refractivity contribution is 6.06. The lowest BCUT2D eigenvalue weighted by Crippen LogP contribution is -2.26. The lowest BCUT2D eigenvalue weighted by atomic mass is 10.1. The molecule has 2 heterocycles. The lowest BCUT2D eigenvalue weighted by molar-refractivity contribution is 0.0993. The van der Waals surface area contributed by atoms with Crippen LogP contribution in [0.1, 0.15) is 29.9 Å². The average Bonchev–Trinajstić information content (AvgIpc) is 2.54. The number of nitrogens with zero attached hydrogens (tertiary/aromatic N) is 3. The molecule has 0 unspecified atom stereocenters. The predicted molar refractivity (Wildman–Crippen MR) is 84.7 cm³/mol. The van der Waals surface area contributed by atoms with Gasteiger partial charge in [0.15, 0.2) is 0 Å². The molecular weight excluding hydrogens is 264 g/mol. The van der Waals surface area contributed by atoms with E-state index in [9.17, 15) is 4.79 Å². The van der Waals surface area contributed by atoms with Gasteiger partial charge >= 0.3 is 0 Å². The van der Waals surface area contributed by atoms with Crippen molar-refractivity contribution in [2.24, 2.45) is 0 Å². The lowest BCUT2D eigenvalue weighted by Gasteiger charge is -2.18.